The molecule has 0 N–H and O–H groups in total. The highest BCUT2D eigenvalue weighted by molar-refractivity contribution is 9.09. The minimum Gasteiger partial charge on any atom is -1.00 e. The predicted molar refractivity (Wildman–Crippen MR) is 220 cm³/mol. The summed E-state index contributed by atoms with van der Waals surface area (Å²) in [4.78, 5) is 0. The van der Waals surface area contributed by atoms with Crippen LogP contribution < -0.4 is 17.0 Å². The summed E-state index contributed by atoms with van der Waals surface area (Å²) < 4.78 is 13.6. The summed E-state index contributed by atoms with van der Waals surface area (Å²) in [6.07, 6.45) is 48.8. The monoisotopic (exact) mass is 820 g/mol. The van der Waals surface area contributed by atoms with E-state index in [1.807, 2.05) is 0 Å². The summed E-state index contributed by atoms with van der Waals surface area (Å²) in [5.41, 5.74) is 0. The van der Waals surface area contributed by atoms with Gasteiger partial charge in [0.2, 0.25) is 0 Å². The Labute approximate surface area is 328 Å². The van der Waals surface area contributed by atoms with Crippen molar-refractivity contribution in [1.82, 2.24) is 0 Å². The van der Waals surface area contributed by atoms with Gasteiger partial charge >= 0.3 is 0 Å². The van der Waals surface area contributed by atoms with E-state index in [0.717, 1.165) is 36.2 Å². The molecule has 294 valence electrons. The van der Waals surface area contributed by atoms with E-state index >= 15 is 0 Å². The third kappa shape index (κ3) is 42.6. The fourth-order valence-corrected chi connectivity index (χ4v) is 6.80. The first kappa shape index (κ1) is 51.4. The number of halogens is 2. The van der Waals surface area contributed by atoms with Crippen molar-refractivity contribution in [3.8, 4) is 0 Å². The zero-order valence-corrected chi connectivity index (χ0v) is 36.8. The standard InChI is InChI=1S/C44H87BrNO2.BrH/c1-5-7-9-11-13-15-17-19-21-23-25-27-29-31-33-35-40-47-43-44(42-46(3,4)39-37-38-45)48-41-36-34-32-30-28-26-24-22-20-18-16-14-12-10-8-6-2;/h19-22,44H,5-18,23-43H2,1-4H3;1H/q+1;/p-1. The molecule has 0 bridgehead atoms. The number of hydrogen-bond donors (Lipinski definition) is 0. The molecule has 0 heterocycles. The van der Waals surface area contributed by atoms with Gasteiger partial charge in [0.15, 0.2) is 0 Å². The van der Waals surface area contributed by atoms with Gasteiger partial charge < -0.3 is 30.9 Å². The number of likely N-dealkylation sites (N-methyl/N-ethyl adjacent to an activating group) is 1. The summed E-state index contributed by atoms with van der Waals surface area (Å²) in [7, 11) is 4.68. The van der Waals surface area contributed by atoms with Crippen LogP contribution in [-0.2, 0) is 9.47 Å². The number of hydrogen-bond acceptors (Lipinski definition) is 2. The predicted octanol–water partition coefficient (Wildman–Crippen LogP) is 11.3. The number of nitrogens with zero attached hydrogens (tertiary/aromatic N) is 1. The van der Waals surface area contributed by atoms with Crippen LogP contribution in [0.2, 0.25) is 0 Å². The molecular formula is C44H87Br2NO2. The van der Waals surface area contributed by atoms with E-state index < -0.39 is 0 Å². The van der Waals surface area contributed by atoms with Gasteiger partial charge in [-0.05, 0) is 64.2 Å². The van der Waals surface area contributed by atoms with E-state index in [4.69, 9.17) is 9.47 Å². The van der Waals surface area contributed by atoms with Gasteiger partial charge in [0.05, 0.1) is 27.2 Å². The van der Waals surface area contributed by atoms with E-state index in [1.54, 1.807) is 0 Å². The SMILES string of the molecule is CCCCCCCCC=CCCCCCCCCOCC(C[N+](C)(C)CCCBr)OCCCCCCCCC=CCCCCCCCC.[Br-]. The number of unbranched alkanes of at least 4 members (excludes halogenated alkanes) is 24. The lowest BCUT2D eigenvalue weighted by Crippen LogP contribution is -3.00. The van der Waals surface area contributed by atoms with Crippen LogP contribution in [0.1, 0.15) is 200 Å². The van der Waals surface area contributed by atoms with Crippen LogP contribution in [0.3, 0.4) is 0 Å². The summed E-state index contributed by atoms with van der Waals surface area (Å²) in [6.45, 7) is 9.29. The number of rotatable bonds is 40. The number of ether oxygens (including phenoxy) is 2. The molecule has 0 saturated carbocycles. The molecule has 0 aromatic carbocycles. The molecule has 0 rings (SSSR count). The maximum atomic E-state index is 6.44. The summed E-state index contributed by atoms with van der Waals surface area (Å²) in [6, 6.07) is 0. The zero-order valence-electron chi connectivity index (χ0n) is 33.7. The molecule has 1 atom stereocenters. The van der Waals surface area contributed by atoms with Crippen LogP contribution in [0.15, 0.2) is 24.3 Å². The lowest BCUT2D eigenvalue weighted by atomic mass is 10.1. The Bertz CT molecular complexity index is 669. The molecule has 0 amide bonds. The van der Waals surface area contributed by atoms with Crippen LogP contribution in [0.5, 0.6) is 0 Å². The highest BCUT2D eigenvalue weighted by Gasteiger charge is 2.22. The largest absolute Gasteiger partial charge is 1.00 e. The first-order valence-corrected chi connectivity index (χ1v) is 22.5. The van der Waals surface area contributed by atoms with Crippen molar-refractivity contribution in [1.29, 1.82) is 0 Å². The van der Waals surface area contributed by atoms with Crippen molar-refractivity contribution in [2.45, 2.75) is 206 Å². The molecule has 0 aliphatic carbocycles. The van der Waals surface area contributed by atoms with Gasteiger partial charge in [0, 0.05) is 25.0 Å². The lowest BCUT2D eigenvalue weighted by molar-refractivity contribution is -0.893. The molecule has 0 radical (unpaired) electrons. The summed E-state index contributed by atoms with van der Waals surface area (Å²) >= 11 is 3.61. The van der Waals surface area contributed by atoms with Crippen molar-refractivity contribution >= 4 is 15.9 Å². The smallest absolute Gasteiger partial charge is 0.130 e. The Hall–Kier alpha value is 0.320. The van der Waals surface area contributed by atoms with Gasteiger partial charge in [0.25, 0.3) is 0 Å². The van der Waals surface area contributed by atoms with Gasteiger partial charge in [-0.1, -0.05) is 170 Å². The van der Waals surface area contributed by atoms with Gasteiger partial charge in [-0.2, -0.15) is 0 Å². The summed E-state index contributed by atoms with van der Waals surface area (Å²) in [5.74, 6) is 0. The molecule has 0 aliphatic heterocycles. The summed E-state index contributed by atoms with van der Waals surface area (Å²) in [5, 5.41) is 1.07. The first-order valence-electron chi connectivity index (χ1n) is 21.4. The molecule has 0 aromatic rings. The van der Waals surface area contributed by atoms with Crippen LogP contribution in [0.4, 0.5) is 0 Å². The Morgan fingerprint density at radius 2 is 0.857 bits per heavy atom. The van der Waals surface area contributed by atoms with Gasteiger partial charge in [-0.15, -0.1) is 0 Å². The second-order valence-corrected chi connectivity index (χ2v) is 16.1. The van der Waals surface area contributed by atoms with Crippen molar-refractivity contribution in [2.24, 2.45) is 0 Å². The molecule has 0 saturated heterocycles. The average molecular weight is 822 g/mol. The zero-order chi connectivity index (χ0) is 35.1. The van der Waals surface area contributed by atoms with Crippen LogP contribution in [0, 0.1) is 0 Å². The second-order valence-electron chi connectivity index (χ2n) is 15.3. The molecule has 49 heavy (non-hydrogen) atoms. The van der Waals surface area contributed by atoms with Gasteiger partial charge in [-0.25, -0.2) is 0 Å². The van der Waals surface area contributed by atoms with E-state index in [9.17, 15) is 0 Å². The highest BCUT2D eigenvalue weighted by Crippen LogP contribution is 2.13. The fraction of sp³-hybridized carbons (Fsp3) is 0.909. The van der Waals surface area contributed by atoms with E-state index in [2.05, 4.69) is 68.2 Å². The van der Waals surface area contributed by atoms with Gasteiger partial charge in [0.1, 0.15) is 12.6 Å². The normalized spacial score (nSPS) is 12.8. The maximum absolute atomic E-state index is 6.44. The van der Waals surface area contributed by atoms with E-state index in [-0.39, 0.29) is 23.1 Å². The quantitative estimate of drug-likeness (QED) is 0.0265. The Kier molecular flexibility index (Phi) is 44.8. The molecule has 3 nitrogen and oxygen atoms in total. The van der Waals surface area contributed by atoms with Gasteiger partial charge in [-0.3, -0.25) is 0 Å². The van der Waals surface area contributed by atoms with Crippen LogP contribution in [-0.4, -0.2) is 62.9 Å². The van der Waals surface area contributed by atoms with E-state index in [0.29, 0.717) is 0 Å². The topological polar surface area (TPSA) is 18.5 Å². The van der Waals surface area contributed by atoms with Crippen LogP contribution in [0.25, 0.3) is 0 Å². The first-order chi connectivity index (χ1) is 23.6. The van der Waals surface area contributed by atoms with Crippen molar-refractivity contribution in [2.75, 3.05) is 52.3 Å². The minimum absolute atomic E-state index is 0. The van der Waals surface area contributed by atoms with Crippen molar-refractivity contribution < 1.29 is 30.9 Å². The third-order valence-corrected chi connectivity index (χ3v) is 10.3. The third-order valence-electron chi connectivity index (χ3n) is 9.71. The number of quaternary nitrogens is 1. The van der Waals surface area contributed by atoms with Crippen molar-refractivity contribution in [3.05, 3.63) is 24.3 Å². The van der Waals surface area contributed by atoms with Crippen molar-refractivity contribution in [3.63, 3.8) is 0 Å². The second kappa shape index (κ2) is 42.7. The highest BCUT2D eigenvalue weighted by atomic mass is 79.9. The number of allylic oxidation sites excluding steroid dienone is 4. The molecule has 0 fully saturated rings. The lowest BCUT2D eigenvalue weighted by Gasteiger charge is -2.33. The number of alkyl halides is 1. The minimum atomic E-state index is 0. The molecule has 5 heteroatoms. The average Bonchev–Trinajstić information content (AvgIpc) is 3.08. The Morgan fingerprint density at radius 3 is 1.27 bits per heavy atom. The van der Waals surface area contributed by atoms with E-state index in [1.165, 1.54) is 193 Å². The molecule has 0 spiro atoms. The molecular weight excluding hydrogens is 734 g/mol. The van der Waals surface area contributed by atoms with Crippen LogP contribution >= 0.6 is 15.9 Å². The fourth-order valence-electron chi connectivity index (χ4n) is 6.55. The Balaban J connectivity index is 0. The molecule has 0 aromatic heterocycles. The Morgan fingerprint density at radius 1 is 0.490 bits per heavy atom. The molecule has 0 aliphatic rings. The molecule has 1 unspecified atom stereocenters. The maximum Gasteiger partial charge on any atom is 0.130 e.